The van der Waals surface area contributed by atoms with Crippen LogP contribution in [0.15, 0.2) is 36.4 Å². The number of fused-ring (bicyclic) bond motifs is 1. The largest absolute Gasteiger partial charge is 0.0845 e. The number of hydrogen-bond acceptors (Lipinski definition) is 0. The van der Waals surface area contributed by atoms with Crippen LogP contribution in [0.1, 0.15) is 29.9 Å². The zero-order valence-electron chi connectivity index (χ0n) is 7.74. The first-order valence-electron chi connectivity index (χ1n) is 5.19. The molecule has 0 radical (unpaired) electrons. The zero-order chi connectivity index (χ0) is 8.67. The van der Waals surface area contributed by atoms with Crippen LogP contribution in [0.25, 0.3) is 0 Å². The first kappa shape index (κ1) is 7.37. The third-order valence-corrected chi connectivity index (χ3v) is 3.40. The molecule has 0 spiro atoms. The van der Waals surface area contributed by atoms with Crippen LogP contribution in [0.4, 0.5) is 0 Å². The second-order valence-corrected chi connectivity index (χ2v) is 4.23. The van der Waals surface area contributed by atoms with E-state index in [0.29, 0.717) is 0 Å². The number of allylic oxidation sites excluding steroid dienone is 2. The van der Waals surface area contributed by atoms with Gasteiger partial charge in [-0.1, -0.05) is 36.4 Å². The molecule has 0 nitrogen and oxygen atoms in total. The molecule has 2 bridgehead atoms. The molecule has 0 amide bonds. The fourth-order valence-electron chi connectivity index (χ4n) is 2.67. The van der Waals surface area contributed by atoms with Gasteiger partial charge < -0.3 is 0 Å². The molecule has 1 aromatic rings. The summed E-state index contributed by atoms with van der Waals surface area (Å²) in [5.41, 5.74) is 3.17. The summed E-state index contributed by atoms with van der Waals surface area (Å²) in [6.45, 7) is 0. The molecule has 0 heterocycles. The van der Waals surface area contributed by atoms with Gasteiger partial charge in [-0.05, 0) is 36.3 Å². The summed E-state index contributed by atoms with van der Waals surface area (Å²) in [7, 11) is 0. The first-order chi connectivity index (χ1) is 6.43. The lowest BCUT2D eigenvalue weighted by atomic mass is 9.89. The molecular formula is C13H14. The minimum absolute atomic E-state index is 0.718. The summed E-state index contributed by atoms with van der Waals surface area (Å²) in [5.74, 6) is 1.54. The topological polar surface area (TPSA) is 0 Å². The maximum atomic E-state index is 2.42. The van der Waals surface area contributed by atoms with Gasteiger partial charge in [-0.3, -0.25) is 0 Å². The van der Waals surface area contributed by atoms with E-state index in [0.717, 1.165) is 11.8 Å². The van der Waals surface area contributed by atoms with Crippen molar-refractivity contribution < 1.29 is 0 Å². The van der Waals surface area contributed by atoms with Gasteiger partial charge in [0.15, 0.2) is 0 Å². The average molecular weight is 170 g/mol. The van der Waals surface area contributed by atoms with Gasteiger partial charge in [0.05, 0.1) is 0 Å². The molecule has 2 unspecified atom stereocenters. The van der Waals surface area contributed by atoms with Crippen LogP contribution in [0.3, 0.4) is 0 Å². The zero-order valence-corrected chi connectivity index (χ0v) is 7.74. The Bertz CT molecular complexity index is 349. The van der Waals surface area contributed by atoms with E-state index in [4.69, 9.17) is 0 Å². The van der Waals surface area contributed by atoms with Crippen molar-refractivity contribution in [2.45, 2.75) is 25.2 Å². The van der Waals surface area contributed by atoms with Crippen LogP contribution >= 0.6 is 0 Å². The lowest BCUT2D eigenvalue weighted by molar-refractivity contribution is 0.536. The predicted octanol–water partition coefficient (Wildman–Crippen LogP) is 3.29. The highest BCUT2D eigenvalue weighted by Crippen LogP contribution is 2.38. The van der Waals surface area contributed by atoms with Gasteiger partial charge in [-0.15, -0.1) is 0 Å². The average Bonchev–Trinajstić information content (AvgIpc) is 2.46. The molecule has 0 aromatic heterocycles. The molecule has 66 valence electrons. The number of benzene rings is 1. The molecule has 0 fully saturated rings. The molecule has 13 heavy (non-hydrogen) atoms. The smallest absolute Gasteiger partial charge is 0.00210 e. The number of rotatable bonds is 0. The van der Waals surface area contributed by atoms with Crippen LogP contribution in [0.5, 0.6) is 0 Å². The van der Waals surface area contributed by atoms with Crippen LogP contribution in [0, 0.1) is 5.92 Å². The van der Waals surface area contributed by atoms with E-state index in [-0.39, 0.29) is 0 Å². The maximum Gasteiger partial charge on any atom is 0.00210 e. The normalized spacial score (nSPS) is 29.8. The van der Waals surface area contributed by atoms with Crippen molar-refractivity contribution in [3.63, 3.8) is 0 Å². The minimum atomic E-state index is 0.718. The summed E-state index contributed by atoms with van der Waals surface area (Å²) in [6.07, 6.45) is 8.85. The summed E-state index contributed by atoms with van der Waals surface area (Å²) in [4.78, 5) is 0. The molecule has 3 aliphatic carbocycles. The second-order valence-electron chi connectivity index (χ2n) is 4.23. The van der Waals surface area contributed by atoms with Crippen molar-refractivity contribution in [1.29, 1.82) is 0 Å². The Labute approximate surface area is 79.3 Å². The fourth-order valence-corrected chi connectivity index (χ4v) is 2.67. The monoisotopic (exact) mass is 170 g/mol. The molecule has 0 heteroatoms. The van der Waals surface area contributed by atoms with Crippen molar-refractivity contribution in [2.24, 2.45) is 5.92 Å². The van der Waals surface area contributed by atoms with Gasteiger partial charge >= 0.3 is 0 Å². The molecular weight excluding hydrogens is 156 g/mol. The highest BCUT2D eigenvalue weighted by molar-refractivity contribution is 5.37. The second kappa shape index (κ2) is 2.73. The molecule has 0 saturated heterocycles. The molecule has 2 atom stereocenters. The van der Waals surface area contributed by atoms with E-state index in [1.165, 1.54) is 19.3 Å². The Kier molecular flexibility index (Phi) is 1.55. The summed E-state index contributed by atoms with van der Waals surface area (Å²) in [5, 5.41) is 0. The summed E-state index contributed by atoms with van der Waals surface area (Å²) < 4.78 is 0. The fraction of sp³-hybridized carbons (Fsp3) is 0.385. The van der Waals surface area contributed by atoms with Crippen molar-refractivity contribution in [3.8, 4) is 0 Å². The Morgan fingerprint density at radius 2 is 1.92 bits per heavy atom. The van der Waals surface area contributed by atoms with E-state index in [9.17, 15) is 0 Å². The van der Waals surface area contributed by atoms with Crippen LogP contribution in [0.2, 0.25) is 0 Å². The quantitative estimate of drug-likeness (QED) is 0.524. The number of hydrogen-bond donors (Lipinski definition) is 0. The first-order valence-corrected chi connectivity index (χ1v) is 5.19. The molecule has 0 saturated carbocycles. The van der Waals surface area contributed by atoms with E-state index in [1.54, 1.807) is 11.1 Å². The van der Waals surface area contributed by atoms with E-state index < -0.39 is 0 Å². The highest BCUT2D eigenvalue weighted by atomic mass is 14.3. The molecule has 1 aromatic carbocycles. The standard InChI is InChI=1S/C13H14/c1-2-4-13-11-7-5-10(6-8-11)9-12(13)3-1/h1-5,7,10-11H,6,8-9H2. The van der Waals surface area contributed by atoms with Gasteiger partial charge in [0, 0.05) is 5.92 Å². The summed E-state index contributed by atoms with van der Waals surface area (Å²) in [6, 6.07) is 8.95. The Morgan fingerprint density at radius 3 is 2.77 bits per heavy atom. The van der Waals surface area contributed by atoms with Gasteiger partial charge in [-0.25, -0.2) is 0 Å². The van der Waals surface area contributed by atoms with Crippen molar-refractivity contribution in [3.05, 3.63) is 47.5 Å². The predicted molar refractivity (Wildman–Crippen MR) is 54.8 cm³/mol. The third kappa shape index (κ3) is 1.13. The van der Waals surface area contributed by atoms with Gasteiger partial charge in [-0.2, -0.15) is 0 Å². The lowest BCUT2D eigenvalue weighted by Crippen LogP contribution is -2.02. The van der Waals surface area contributed by atoms with Gasteiger partial charge in [0.2, 0.25) is 0 Å². The molecule has 4 rings (SSSR count). The van der Waals surface area contributed by atoms with Crippen molar-refractivity contribution in [2.75, 3.05) is 0 Å². The SMILES string of the molecule is C1=CC2CCC1Cc1ccccc12. The van der Waals surface area contributed by atoms with Crippen LogP contribution in [-0.2, 0) is 6.42 Å². The molecule has 0 N–H and O–H groups in total. The van der Waals surface area contributed by atoms with Crippen molar-refractivity contribution >= 4 is 0 Å². The molecule has 0 aliphatic heterocycles. The Morgan fingerprint density at radius 1 is 1.00 bits per heavy atom. The van der Waals surface area contributed by atoms with E-state index in [1.807, 2.05) is 0 Å². The maximum absolute atomic E-state index is 2.42. The highest BCUT2D eigenvalue weighted by Gasteiger charge is 2.24. The van der Waals surface area contributed by atoms with Crippen LogP contribution < -0.4 is 0 Å². The van der Waals surface area contributed by atoms with Crippen molar-refractivity contribution in [1.82, 2.24) is 0 Å². The van der Waals surface area contributed by atoms with E-state index >= 15 is 0 Å². The Hall–Kier alpha value is -1.04. The summed E-state index contributed by atoms with van der Waals surface area (Å²) >= 11 is 0. The van der Waals surface area contributed by atoms with Gasteiger partial charge in [0.1, 0.15) is 0 Å². The van der Waals surface area contributed by atoms with Crippen LogP contribution in [-0.4, -0.2) is 0 Å². The minimum Gasteiger partial charge on any atom is -0.0845 e. The lowest BCUT2D eigenvalue weighted by Gasteiger charge is -2.16. The third-order valence-electron chi connectivity index (χ3n) is 3.40. The van der Waals surface area contributed by atoms with Gasteiger partial charge in [0.25, 0.3) is 0 Å². The Balaban J connectivity index is 2.16. The van der Waals surface area contributed by atoms with E-state index in [2.05, 4.69) is 36.4 Å². The molecule has 3 aliphatic rings.